The summed E-state index contributed by atoms with van der Waals surface area (Å²) in [5, 5.41) is 25.1. The monoisotopic (exact) mass is 441 g/mol. The first-order valence-corrected chi connectivity index (χ1v) is 9.57. The van der Waals surface area contributed by atoms with Gasteiger partial charge >= 0.3 is 5.97 Å². The van der Waals surface area contributed by atoms with Crippen LogP contribution in [0.5, 0.6) is 5.75 Å². The SMILES string of the molecule is COc1ccc(C(=O)N/C(=C\c2ccc([N+](=O)[O-])cc2)C(=O)N[C@@H](C(=O)O)C(C)C)cc1. The molecule has 1 atom stereocenters. The van der Waals surface area contributed by atoms with Crippen molar-refractivity contribution in [2.45, 2.75) is 19.9 Å². The zero-order valence-electron chi connectivity index (χ0n) is 17.7. The second-order valence-electron chi connectivity index (χ2n) is 7.12. The Labute approximate surface area is 184 Å². The van der Waals surface area contributed by atoms with Gasteiger partial charge in [0, 0.05) is 17.7 Å². The van der Waals surface area contributed by atoms with Gasteiger partial charge in [0.15, 0.2) is 0 Å². The van der Waals surface area contributed by atoms with Crippen LogP contribution in [0, 0.1) is 16.0 Å². The average Bonchev–Trinajstić information content (AvgIpc) is 2.76. The molecule has 0 spiro atoms. The number of amides is 2. The number of carbonyl (C=O) groups is 3. The molecule has 0 heterocycles. The van der Waals surface area contributed by atoms with Crippen molar-refractivity contribution < 1.29 is 29.2 Å². The minimum absolute atomic E-state index is 0.138. The maximum absolute atomic E-state index is 12.8. The summed E-state index contributed by atoms with van der Waals surface area (Å²) in [4.78, 5) is 47.2. The van der Waals surface area contributed by atoms with Crippen LogP contribution in [0.4, 0.5) is 5.69 Å². The highest BCUT2D eigenvalue weighted by Gasteiger charge is 2.25. The fourth-order valence-corrected chi connectivity index (χ4v) is 2.69. The Morgan fingerprint density at radius 1 is 1.06 bits per heavy atom. The highest BCUT2D eigenvalue weighted by atomic mass is 16.6. The number of ether oxygens (including phenoxy) is 1. The standard InChI is InChI=1S/C22H23N3O7/c1-13(2)19(22(28)29)24-21(27)18(12-14-4-8-16(9-5-14)25(30)31)23-20(26)15-6-10-17(32-3)11-7-15/h4-13,19H,1-3H3,(H,23,26)(H,24,27)(H,28,29)/b18-12-/t19-/m1/s1. The summed E-state index contributed by atoms with van der Waals surface area (Å²) in [5.41, 5.74) is 0.284. The second kappa shape index (κ2) is 10.7. The van der Waals surface area contributed by atoms with Crippen LogP contribution in [0.3, 0.4) is 0 Å². The lowest BCUT2D eigenvalue weighted by molar-refractivity contribution is -0.384. The van der Waals surface area contributed by atoms with Crippen molar-refractivity contribution in [1.29, 1.82) is 0 Å². The molecule has 2 aromatic rings. The van der Waals surface area contributed by atoms with E-state index in [1.165, 1.54) is 49.6 Å². The second-order valence-corrected chi connectivity index (χ2v) is 7.12. The first kappa shape index (κ1) is 24.1. The third-order valence-electron chi connectivity index (χ3n) is 4.48. The lowest BCUT2D eigenvalue weighted by atomic mass is 10.0. The Morgan fingerprint density at radius 3 is 2.12 bits per heavy atom. The molecule has 0 saturated heterocycles. The molecule has 32 heavy (non-hydrogen) atoms. The number of methoxy groups -OCH3 is 1. The highest BCUT2D eigenvalue weighted by molar-refractivity contribution is 6.06. The van der Waals surface area contributed by atoms with E-state index < -0.39 is 34.7 Å². The van der Waals surface area contributed by atoms with E-state index in [9.17, 15) is 29.6 Å². The number of carbonyl (C=O) groups excluding carboxylic acids is 2. The van der Waals surface area contributed by atoms with Crippen molar-refractivity contribution in [2.75, 3.05) is 7.11 Å². The average molecular weight is 441 g/mol. The van der Waals surface area contributed by atoms with Crippen molar-refractivity contribution in [1.82, 2.24) is 10.6 Å². The molecule has 0 saturated carbocycles. The number of carboxylic acids is 1. The van der Waals surface area contributed by atoms with E-state index in [0.29, 0.717) is 11.3 Å². The van der Waals surface area contributed by atoms with Gasteiger partial charge in [-0.05, 0) is 54.0 Å². The highest BCUT2D eigenvalue weighted by Crippen LogP contribution is 2.16. The summed E-state index contributed by atoms with van der Waals surface area (Å²) in [7, 11) is 1.48. The van der Waals surface area contributed by atoms with E-state index in [4.69, 9.17) is 4.74 Å². The van der Waals surface area contributed by atoms with Gasteiger partial charge in [0.25, 0.3) is 17.5 Å². The molecule has 0 fully saturated rings. The largest absolute Gasteiger partial charge is 0.497 e. The zero-order chi connectivity index (χ0) is 23.8. The number of benzene rings is 2. The third kappa shape index (κ3) is 6.39. The molecule has 0 aliphatic heterocycles. The molecule has 2 aromatic carbocycles. The van der Waals surface area contributed by atoms with Crippen molar-refractivity contribution >= 4 is 29.5 Å². The summed E-state index contributed by atoms with van der Waals surface area (Å²) in [6.45, 7) is 3.27. The summed E-state index contributed by atoms with van der Waals surface area (Å²) < 4.78 is 5.05. The molecule has 0 radical (unpaired) electrons. The number of nitro groups is 1. The number of nitrogens with one attached hydrogen (secondary N) is 2. The molecule has 0 aliphatic carbocycles. The topological polar surface area (TPSA) is 148 Å². The van der Waals surface area contributed by atoms with Crippen LogP contribution < -0.4 is 15.4 Å². The zero-order valence-corrected chi connectivity index (χ0v) is 17.7. The molecule has 0 unspecified atom stereocenters. The molecule has 0 aromatic heterocycles. The maximum Gasteiger partial charge on any atom is 0.326 e. The van der Waals surface area contributed by atoms with Gasteiger partial charge in [-0.25, -0.2) is 4.79 Å². The van der Waals surface area contributed by atoms with Gasteiger partial charge in [0.2, 0.25) is 0 Å². The third-order valence-corrected chi connectivity index (χ3v) is 4.48. The first-order valence-electron chi connectivity index (χ1n) is 9.57. The van der Waals surface area contributed by atoms with Crippen LogP contribution >= 0.6 is 0 Å². The summed E-state index contributed by atoms with van der Waals surface area (Å²) in [6.07, 6.45) is 1.31. The van der Waals surface area contributed by atoms with Gasteiger partial charge < -0.3 is 20.5 Å². The quantitative estimate of drug-likeness (QED) is 0.308. The summed E-state index contributed by atoms with van der Waals surface area (Å²) in [6, 6.07) is 10.3. The number of non-ortho nitro benzene ring substituents is 1. The fraction of sp³-hybridized carbons (Fsp3) is 0.227. The van der Waals surface area contributed by atoms with E-state index in [1.807, 2.05) is 0 Å². The van der Waals surface area contributed by atoms with Gasteiger partial charge in [-0.15, -0.1) is 0 Å². The molecule has 168 valence electrons. The minimum Gasteiger partial charge on any atom is -0.497 e. The van der Waals surface area contributed by atoms with E-state index in [1.54, 1.807) is 26.0 Å². The number of hydrogen-bond acceptors (Lipinski definition) is 6. The molecule has 3 N–H and O–H groups in total. The van der Waals surface area contributed by atoms with Crippen molar-refractivity contribution in [2.24, 2.45) is 5.92 Å². The smallest absolute Gasteiger partial charge is 0.326 e. The van der Waals surface area contributed by atoms with Crippen LogP contribution in [-0.2, 0) is 9.59 Å². The number of rotatable bonds is 9. The molecule has 0 bridgehead atoms. The summed E-state index contributed by atoms with van der Waals surface area (Å²) >= 11 is 0. The number of nitro benzene ring substituents is 1. The predicted molar refractivity (Wildman–Crippen MR) is 116 cm³/mol. The lowest BCUT2D eigenvalue weighted by Gasteiger charge is -2.19. The molecule has 2 rings (SSSR count). The maximum atomic E-state index is 12.8. The minimum atomic E-state index is -1.22. The number of aliphatic carboxylic acids is 1. The Balaban J connectivity index is 2.36. The van der Waals surface area contributed by atoms with Gasteiger partial charge in [0.1, 0.15) is 17.5 Å². The van der Waals surface area contributed by atoms with Crippen LogP contribution in [0.15, 0.2) is 54.2 Å². The van der Waals surface area contributed by atoms with E-state index in [-0.39, 0.29) is 16.9 Å². The van der Waals surface area contributed by atoms with E-state index in [0.717, 1.165) is 0 Å². The van der Waals surface area contributed by atoms with Gasteiger partial charge in [-0.3, -0.25) is 19.7 Å². The van der Waals surface area contributed by atoms with Crippen LogP contribution in [0.1, 0.15) is 29.8 Å². The molecule has 10 nitrogen and oxygen atoms in total. The Morgan fingerprint density at radius 2 is 1.66 bits per heavy atom. The van der Waals surface area contributed by atoms with Crippen LogP contribution in [0.2, 0.25) is 0 Å². The normalized spacial score (nSPS) is 12.1. The van der Waals surface area contributed by atoms with E-state index in [2.05, 4.69) is 10.6 Å². The van der Waals surface area contributed by atoms with Crippen LogP contribution in [0.25, 0.3) is 6.08 Å². The molecule has 0 aliphatic rings. The molecular formula is C22H23N3O7. The number of carboxylic acid groups (broad SMARTS) is 1. The van der Waals surface area contributed by atoms with Gasteiger partial charge in [-0.1, -0.05) is 13.8 Å². The first-order chi connectivity index (χ1) is 15.1. The van der Waals surface area contributed by atoms with Gasteiger partial charge in [-0.2, -0.15) is 0 Å². The molecule has 10 heteroatoms. The Bertz CT molecular complexity index is 1030. The molecule has 2 amide bonds. The van der Waals surface area contributed by atoms with Crippen molar-refractivity contribution in [3.05, 3.63) is 75.5 Å². The number of nitrogens with zero attached hydrogens (tertiary/aromatic N) is 1. The van der Waals surface area contributed by atoms with Crippen molar-refractivity contribution in [3.8, 4) is 5.75 Å². The lowest BCUT2D eigenvalue weighted by Crippen LogP contribution is -2.47. The van der Waals surface area contributed by atoms with Gasteiger partial charge in [0.05, 0.1) is 12.0 Å². The van der Waals surface area contributed by atoms with Crippen LogP contribution in [-0.4, -0.2) is 41.0 Å². The van der Waals surface area contributed by atoms with Crippen molar-refractivity contribution in [3.63, 3.8) is 0 Å². The summed E-state index contributed by atoms with van der Waals surface area (Å²) in [5.74, 6) is -2.50. The number of hydrogen-bond donors (Lipinski definition) is 3. The Hall–Kier alpha value is -4.21. The Kier molecular flexibility index (Phi) is 8.05. The molecular weight excluding hydrogens is 418 g/mol. The fourth-order valence-electron chi connectivity index (χ4n) is 2.69. The predicted octanol–water partition coefficient (Wildman–Crippen LogP) is 2.60. The van der Waals surface area contributed by atoms with E-state index >= 15 is 0 Å².